The lowest BCUT2D eigenvalue weighted by Gasteiger charge is -2.22. The molecule has 0 atom stereocenters. The Morgan fingerprint density at radius 1 is 1.00 bits per heavy atom. The van der Waals surface area contributed by atoms with E-state index in [0.717, 1.165) is 35.9 Å². The predicted molar refractivity (Wildman–Crippen MR) is 146 cm³/mol. The summed E-state index contributed by atoms with van der Waals surface area (Å²) in [6.45, 7) is 3.16. The molecular weight excluding hydrogens is 548 g/mol. The quantitative estimate of drug-likeness (QED) is 0.411. The summed E-state index contributed by atoms with van der Waals surface area (Å²) in [4.78, 5) is 22.3. The van der Waals surface area contributed by atoms with E-state index in [2.05, 4.69) is 0 Å². The first kappa shape index (κ1) is 28.6. The van der Waals surface area contributed by atoms with Gasteiger partial charge in [0.05, 0.1) is 15.1 Å². The van der Waals surface area contributed by atoms with Crippen LogP contribution in [-0.2, 0) is 10.0 Å². The van der Waals surface area contributed by atoms with Crippen LogP contribution < -0.4 is 26.8 Å². The number of halogens is 1. The standard InChI is InChI=1S/C26H32N4O5S2.ClH/c1-28(2)13-14-30(26-27-21-17-22-23(18-24(21)36-26)35-16-15-34-22)25(31)19-7-9-20(10-8-19)37(32,33)29-11-5-3-4-6-12-29;/h7-10,17-18H,3-6,11-16H2,1-2H3;1H. The highest BCUT2D eigenvalue weighted by Gasteiger charge is 2.27. The highest BCUT2D eigenvalue weighted by atomic mass is 35.5. The third-order valence-electron chi connectivity index (χ3n) is 6.59. The predicted octanol–water partition coefficient (Wildman–Crippen LogP) is 0.957. The fourth-order valence-corrected chi connectivity index (χ4v) is 7.03. The molecule has 0 radical (unpaired) electrons. The van der Waals surface area contributed by atoms with E-state index in [-0.39, 0.29) is 24.6 Å². The first-order valence-corrected chi connectivity index (χ1v) is 14.9. The summed E-state index contributed by atoms with van der Waals surface area (Å²) in [6, 6.07) is 10.0. The number of amides is 1. The zero-order valence-corrected chi connectivity index (χ0v) is 23.9. The van der Waals surface area contributed by atoms with Crippen LogP contribution in [0.15, 0.2) is 41.3 Å². The van der Waals surface area contributed by atoms with Crippen LogP contribution in [0.2, 0.25) is 0 Å². The van der Waals surface area contributed by atoms with Gasteiger partial charge < -0.3 is 26.8 Å². The monoisotopic (exact) mass is 580 g/mol. The number of sulfonamides is 1. The van der Waals surface area contributed by atoms with E-state index in [4.69, 9.17) is 14.5 Å². The molecule has 1 aromatic heterocycles. The molecule has 38 heavy (non-hydrogen) atoms. The molecule has 1 saturated heterocycles. The van der Waals surface area contributed by atoms with Crippen molar-refractivity contribution in [2.24, 2.45) is 0 Å². The van der Waals surface area contributed by atoms with E-state index in [9.17, 15) is 13.2 Å². The number of thiazole rings is 1. The van der Waals surface area contributed by atoms with Gasteiger partial charge in [-0.25, -0.2) is 13.4 Å². The van der Waals surface area contributed by atoms with Gasteiger partial charge in [0.2, 0.25) is 10.0 Å². The average molecular weight is 581 g/mol. The zero-order chi connectivity index (χ0) is 26.0. The molecule has 5 rings (SSSR count). The van der Waals surface area contributed by atoms with Crippen molar-refractivity contribution in [3.05, 3.63) is 42.0 Å². The molecule has 0 unspecified atom stereocenters. The molecule has 1 amide bonds. The van der Waals surface area contributed by atoms with Gasteiger partial charge in [0.1, 0.15) is 13.2 Å². The van der Waals surface area contributed by atoms with Crippen molar-refractivity contribution in [3.8, 4) is 11.5 Å². The summed E-state index contributed by atoms with van der Waals surface area (Å²) in [5.41, 5.74) is 1.16. The van der Waals surface area contributed by atoms with E-state index in [1.165, 1.54) is 11.3 Å². The molecule has 0 spiro atoms. The van der Waals surface area contributed by atoms with Crippen LogP contribution in [0.25, 0.3) is 10.2 Å². The number of carbonyl (C=O) groups excluding carboxylic acids is 1. The number of hydrogen-bond acceptors (Lipinski definition) is 8. The number of anilines is 1. The van der Waals surface area contributed by atoms with Crippen molar-refractivity contribution in [1.82, 2.24) is 14.2 Å². The van der Waals surface area contributed by atoms with E-state index >= 15 is 0 Å². The summed E-state index contributed by atoms with van der Waals surface area (Å²) >= 11 is 1.42. The van der Waals surface area contributed by atoms with Gasteiger partial charge in [-0.2, -0.15) is 4.31 Å². The SMILES string of the molecule is CN(C)CCN(C(=O)c1ccc(S(=O)(=O)N2CCCCCC2)cc1)c1nc2cc3c(cc2s1)OCCO3.[Cl-].[H+]. The lowest BCUT2D eigenvalue weighted by Crippen LogP contribution is -3.00. The number of fused-ring (bicyclic) bond motifs is 2. The normalized spacial score (nSPS) is 16.2. The molecule has 0 saturated carbocycles. The van der Waals surface area contributed by atoms with Crippen molar-refractivity contribution < 1.29 is 36.5 Å². The number of carbonyl (C=O) groups is 1. The molecule has 0 aliphatic carbocycles. The topological polar surface area (TPSA) is 92.3 Å². The zero-order valence-electron chi connectivity index (χ0n) is 22.6. The Balaban J connectivity index is 0.00000210. The summed E-state index contributed by atoms with van der Waals surface area (Å²) in [5.74, 6) is 1.11. The maximum atomic E-state index is 13.7. The molecule has 1 fully saturated rings. The minimum Gasteiger partial charge on any atom is -1.00 e. The molecule has 3 heterocycles. The molecule has 9 nitrogen and oxygen atoms in total. The Morgan fingerprint density at radius 2 is 1.63 bits per heavy atom. The van der Waals surface area contributed by atoms with Crippen molar-refractivity contribution in [2.75, 3.05) is 58.4 Å². The second-order valence-corrected chi connectivity index (χ2v) is 12.5. The Labute approximate surface area is 235 Å². The molecule has 206 valence electrons. The van der Waals surface area contributed by atoms with Crippen LogP contribution in [0.5, 0.6) is 11.5 Å². The minimum atomic E-state index is -3.58. The Hall–Kier alpha value is -2.44. The fourth-order valence-electron chi connectivity index (χ4n) is 4.51. The van der Waals surface area contributed by atoms with Crippen molar-refractivity contribution in [3.63, 3.8) is 0 Å². The minimum absolute atomic E-state index is 0. The van der Waals surface area contributed by atoms with Crippen LogP contribution in [-0.4, -0.2) is 82.0 Å². The van der Waals surface area contributed by atoms with Gasteiger partial charge in [-0.1, -0.05) is 24.2 Å². The lowest BCUT2D eigenvalue weighted by atomic mass is 10.2. The van der Waals surface area contributed by atoms with Gasteiger partial charge in [-0.15, -0.1) is 0 Å². The number of rotatable bonds is 7. The number of hydrogen-bond donors (Lipinski definition) is 0. The number of likely N-dealkylation sites (N-methyl/N-ethyl adjacent to an activating group) is 1. The van der Waals surface area contributed by atoms with Gasteiger partial charge in [-0.05, 0) is 51.2 Å². The first-order valence-electron chi connectivity index (χ1n) is 12.6. The fraction of sp³-hybridized carbons (Fsp3) is 0.462. The Kier molecular flexibility index (Phi) is 9.15. The van der Waals surface area contributed by atoms with Crippen molar-refractivity contribution in [2.45, 2.75) is 30.6 Å². The van der Waals surface area contributed by atoms with Crippen molar-refractivity contribution in [1.29, 1.82) is 0 Å². The molecule has 2 aromatic carbocycles. The molecular formula is C26H33ClN4O5S2. The lowest BCUT2D eigenvalue weighted by molar-refractivity contribution is -0.0000183. The number of aromatic nitrogens is 1. The Bertz CT molecular complexity index is 1330. The van der Waals surface area contributed by atoms with Crippen LogP contribution in [0.4, 0.5) is 5.13 Å². The molecule has 3 aromatic rings. The van der Waals surface area contributed by atoms with E-state index in [0.29, 0.717) is 61.6 Å². The maximum Gasteiger partial charge on any atom is 1.00 e. The van der Waals surface area contributed by atoms with E-state index in [1.54, 1.807) is 33.5 Å². The third kappa shape index (κ3) is 6.07. The molecule has 0 bridgehead atoms. The second-order valence-electron chi connectivity index (χ2n) is 9.56. The first-order chi connectivity index (χ1) is 17.8. The van der Waals surface area contributed by atoms with E-state index < -0.39 is 10.0 Å². The maximum absolute atomic E-state index is 13.7. The van der Waals surface area contributed by atoms with Crippen LogP contribution in [0.3, 0.4) is 0 Å². The number of benzene rings is 2. The summed E-state index contributed by atoms with van der Waals surface area (Å²) in [7, 11) is 0.322. The van der Waals surface area contributed by atoms with Gasteiger partial charge in [0.15, 0.2) is 16.6 Å². The average Bonchev–Trinajstić information content (AvgIpc) is 3.09. The summed E-state index contributed by atoms with van der Waals surface area (Å²) in [6.07, 6.45) is 3.85. The van der Waals surface area contributed by atoms with Crippen LogP contribution in [0.1, 0.15) is 37.5 Å². The van der Waals surface area contributed by atoms with Crippen LogP contribution in [0, 0.1) is 0 Å². The molecule has 2 aliphatic rings. The molecule has 12 heteroatoms. The molecule has 0 N–H and O–H groups in total. The Morgan fingerprint density at radius 3 is 2.26 bits per heavy atom. The third-order valence-corrected chi connectivity index (χ3v) is 9.55. The van der Waals surface area contributed by atoms with Gasteiger partial charge in [-0.3, -0.25) is 9.69 Å². The highest BCUT2D eigenvalue weighted by Crippen LogP contribution is 2.39. The highest BCUT2D eigenvalue weighted by molar-refractivity contribution is 7.89. The van der Waals surface area contributed by atoms with E-state index in [1.807, 2.05) is 31.1 Å². The van der Waals surface area contributed by atoms with Gasteiger partial charge in [0, 0.05) is 43.9 Å². The number of ether oxygens (including phenoxy) is 2. The largest absolute Gasteiger partial charge is 1.00 e. The van der Waals surface area contributed by atoms with Crippen molar-refractivity contribution >= 4 is 42.6 Å². The molecule has 2 aliphatic heterocycles. The summed E-state index contributed by atoms with van der Waals surface area (Å²) in [5, 5.41) is 0.575. The summed E-state index contributed by atoms with van der Waals surface area (Å²) < 4.78 is 40.2. The van der Waals surface area contributed by atoms with Gasteiger partial charge >= 0.3 is 1.43 Å². The van der Waals surface area contributed by atoms with Crippen LogP contribution >= 0.6 is 11.3 Å². The number of nitrogens with zero attached hydrogens (tertiary/aromatic N) is 4. The second kappa shape index (κ2) is 12.2. The smallest absolute Gasteiger partial charge is 1.00 e. The van der Waals surface area contributed by atoms with Gasteiger partial charge in [0.25, 0.3) is 5.91 Å².